The molecule has 0 saturated carbocycles. The molecule has 2 rings (SSSR count). The highest BCUT2D eigenvalue weighted by Crippen LogP contribution is 2.26. The van der Waals surface area contributed by atoms with Crippen LogP contribution in [0.15, 0.2) is 30.5 Å². The Morgan fingerprint density at radius 1 is 1.45 bits per heavy atom. The van der Waals surface area contributed by atoms with Crippen LogP contribution in [-0.4, -0.2) is 28.6 Å². The van der Waals surface area contributed by atoms with Gasteiger partial charge in [0.2, 0.25) is 0 Å². The van der Waals surface area contributed by atoms with Gasteiger partial charge in [0.05, 0.1) is 13.3 Å². The topological polar surface area (TPSA) is 56.5 Å². The number of hydrogen-bond donors (Lipinski definition) is 1. The molecule has 1 aromatic heterocycles. The van der Waals surface area contributed by atoms with Gasteiger partial charge in [-0.15, -0.1) is 0 Å². The number of nitrogens with zero attached hydrogens (tertiary/aromatic N) is 2. The van der Waals surface area contributed by atoms with Gasteiger partial charge in [0.25, 0.3) is 0 Å². The summed E-state index contributed by atoms with van der Waals surface area (Å²) in [6.07, 6.45) is 0.757. The van der Waals surface area contributed by atoms with Crippen LogP contribution in [0.2, 0.25) is 5.02 Å². The van der Waals surface area contributed by atoms with Crippen LogP contribution in [0, 0.1) is 0 Å². The van der Waals surface area contributed by atoms with Crippen molar-refractivity contribution in [2.45, 2.75) is 19.6 Å². The number of rotatable bonds is 6. The first-order valence-corrected chi connectivity index (χ1v) is 6.69. The lowest BCUT2D eigenvalue weighted by Crippen LogP contribution is -2.15. The number of hydrogen-bond acceptors (Lipinski definition) is 4. The lowest BCUT2D eigenvalue weighted by Gasteiger charge is -2.15. The second-order valence-corrected chi connectivity index (χ2v) is 4.63. The van der Waals surface area contributed by atoms with Gasteiger partial charge >= 0.3 is 0 Å². The first-order chi connectivity index (χ1) is 9.65. The normalized spacial score (nSPS) is 12.2. The molecule has 0 spiro atoms. The van der Waals surface area contributed by atoms with Crippen molar-refractivity contribution in [3.05, 3.63) is 41.2 Å². The summed E-state index contributed by atoms with van der Waals surface area (Å²) >= 11 is 5.88. The lowest BCUT2D eigenvalue weighted by molar-refractivity contribution is 0.0977. The average molecular weight is 297 g/mol. The van der Waals surface area contributed by atoms with E-state index in [2.05, 4.69) is 5.10 Å². The fourth-order valence-corrected chi connectivity index (χ4v) is 2.11. The second-order valence-electron chi connectivity index (χ2n) is 4.20. The Bertz CT molecular complexity index is 550. The molecule has 6 heteroatoms. The summed E-state index contributed by atoms with van der Waals surface area (Å²) in [5.41, 5.74) is 0.608. The van der Waals surface area contributed by atoms with Gasteiger partial charge in [0, 0.05) is 11.6 Å². The van der Waals surface area contributed by atoms with Crippen molar-refractivity contribution in [2.24, 2.45) is 0 Å². The number of ether oxygens (including phenoxy) is 2. The fraction of sp³-hybridized carbons (Fsp3) is 0.357. The van der Waals surface area contributed by atoms with Gasteiger partial charge in [-0.3, -0.25) is 4.68 Å². The van der Waals surface area contributed by atoms with Crippen LogP contribution in [0.5, 0.6) is 11.5 Å². The van der Waals surface area contributed by atoms with Crippen LogP contribution >= 0.6 is 11.6 Å². The maximum Gasteiger partial charge on any atom is 0.162 e. The SMILES string of the molecule is CCn1ncc(OC)c1C(O)COc1cccc(Cl)c1. The summed E-state index contributed by atoms with van der Waals surface area (Å²) in [7, 11) is 1.55. The minimum atomic E-state index is -0.827. The zero-order chi connectivity index (χ0) is 14.5. The molecule has 0 fully saturated rings. The van der Waals surface area contributed by atoms with Crippen molar-refractivity contribution in [2.75, 3.05) is 13.7 Å². The minimum Gasteiger partial charge on any atom is -0.493 e. The van der Waals surface area contributed by atoms with Gasteiger partial charge in [0.1, 0.15) is 24.2 Å². The predicted octanol–water partition coefficient (Wildman–Crippen LogP) is 2.68. The number of aromatic nitrogens is 2. The Balaban J connectivity index is 2.08. The zero-order valence-corrected chi connectivity index (χ0v) is 12.2. The number of aliphatic hydroxyl groups is 1. The highest BCUT2D eigenvalue weighted by Gasteiger charge is 2.20. The molecule has 0 amide bonds. The Morgan fingerprint density at radius 3 is 2.90 bits per heavy atom. The molecular formula is C14H17ClN2O3. The zero-order valence-electron chi connectivity index (χ0n) is 11.4. The van der Waals surface area contributed by atoms with E-state index in [1.165, 1.54) is 0 Å². The van der Waals surface area contributed by atoms with E-state index in [4.69, 9.17) is 21.1 Å². The summed E-state index contributed by atoms with van der Waals surface area (Å²) in [5, 5.41) is 15.0. The van der Waals surface area contributed by atoms with Crippen LogP contribution in [0.25, 0.3) is 0 Å². The predicted molar refractivity (Wildman–Crippen MR) is 76.4 cm³/mol. The van der Waals surface area contributed by atoms with Crippen molar-refractivity contribution in [3.63, 3.8) is 0 Å². The summed E-state index contributed by atoms with van der Waals surface area (Å²) in [6, 6.07) is 7.04. The molecule has 0 radical (unpaired) electrons. The third-order valence-electron chi connectivity index (χ3n) is 2.88. The van der Waals surface area contributed by atoms with Gasteiger partial charge < -0.3 is 14.6 Å². The highest BCUT2D eigenvalue weighted by atomic mass is 35.5. The first-order valence-electron chi connectivity index (χ1n) is 6.31. The average Bonchev–Trinajstić information content (AvgIpc) is 2.88. The van der Waals surface area contributed by atoms with Gasteiger partial charge in [0.15, 0.2) is 5.75 Å². The lowest BCUT2D eigenvalue weighted by atomic mass is 10.2. The van der Waals surface area contributed by atoms with Crippen molar-refractivity contribution in [3.8, 4) is 11.5 Å². The molecule has 1 unspecified atom stereocenters. The van der Waals surface area contributed by atoms with Gasteiger partial charge in [-0.05, 0) is 25.1 Å². The van der Waals surface area contributed by atoms with Crippen molar-refractivity contribution < 1.29 is 14.6 Å². The molecule has 1 N–H and O–H groups in total. The summed E-state index contributed by atoms with van der Waals surface area (Å²) in [6.45, 7) is 2.69. The maximum absolute atomic E-state index is 10.3. The second kappa shape index (κ2) is 6.63. The fourth-order valence-electron chi connectivity index (χ4n) is 1.93. The maximum atomic E-state index is 10.3. The van der Waals surface area contributed by atoms with Crippen molar-refractivity contribution in [1.29, 1.82) is 0 Å². The van der Waals surface area contributed by atoms with Crippen LogP contribution < -0.4 is 9.47 Å². The Labute approximate surface area is 122 Å². The Hall–Kier alpha value is -1.72. The van der Waals surface area contributed by atoms with E-state index in [1.807, 2.05) is 6.92 Å². The molecule has 108 valence electrons. The molecule has 5 nitrogen and oxygen atoms in total. The van der Waals surface area contributed by atoms with E-state index >= 15 is 0 Å². The first kappa shape index (κ1) is 14.7. The number of aliphatic hydroxyl groups excluding tert-OH is 1. The molecule has 1 aromatic carbocycles. The summed E-state index contributed by atoms with van der Waals surface area (Å²) < 4.78 is 12.4. The molecule has 2 aromatic rings. The highest BCUT2D eigenvalue weighted by molar-refractivity contribution is 6.30. The number of benzene rings is 1. The van der Waals surface area contributed by atoms with E-state index < -0.39 is 6.10 Å². The van der Waals surface area contributed by atoms with Crippen LogP contribution in [0.3, 0.4) is 0 Å². The van der Waals surface area contributed by atoms with E-state index in [1.54, 1.807) is 42.3 Å². The summed E-state index contributed by atoms with van der Waals surface area (Å²) in [5.74, 6) is 1.16. The van der Waals surface area contributed by atoms with E-state index in [0.717, 1.165) is 0 Å². The quantitative estimate of drug-likeness (QED) is 0.890. The number of halogens is 1. The third kappa shape index (κ3) is 3.23. The van der Waals surface area contributed by atoms with Gasteiger partial charge in [-0.25, -0.2) is 0 Å². The summed E-state index contributed by atoms with van der Waals surface area (Å²) in [4.78, 5) is 0. The third-order valence-corrected chi connectivity index (χ3v) is 3.12. The number of methoxy groups -OCH3 is 1. The molecule has 0 saturated heterocycles. The molecule has 0 bridgehead atoms. The van der Waals surface area contributed by atoms with E-state index in [-0.39, 0.29) is 6.61 Å². The largest absolute Gasteiger partial charge is 0.493 e. The minimum absolute atomic E-state index is 0.0996. The van der Waals surface area contributed by atoms with Crippen LogP contribution in [0.1, 0.15) is 18.7 Å². The Kier molecular flexibility index (Phi) is 4.87. The van der Waals surface area contributed by atoms with Crippen molar-refractivity contribution in [1.82, 2.24) is 9.78 Å². The molecule has 20 heavy (non-hydrogen) atoms. The number of aryl methyl sites for hydroxylation is 1. The molecular weight excluding hydrogens is 280 g/mol. The molecule has 0 aliphatic rings. The van der Waals surface area contributed by atoms with E-state index in [9.17, 15) is 5.11 Å². The molecule has 1 heterocycles. The van der Waals surface area contributed by atoms with Gasteiger partial charge in [-0.2, -0.15) is 5.10 Å². The monoisotopic (exact) mass is 296 g/mol. The van der Waals surface area contributed by atoms with E-state index in [0.29, 0.717) is 28.8 Å². The standard InChI is InChI=1S/C14H17ClN2O3/c1-3-17-14(13(19-2)8-16-17)12(18)9-20-11-6-4-5-10(15)7-11/h4-8,12,18H,3,9H2,1-2H3. The van der Waals surface area contributed by atoms with Gasteiger partial charge in [-0.1, -0.05) is 17.7 Å². The molecule has 1 atom stereocenters. The molecule has 0 aliphatic heterocycles. The van der Waals surface area contributed by atoms with Crippen LogP contribution in [0.4, 0.5) is 0 Å². The van der Waals surface area contributed by atoms with Crippen LogP contribution in [-0.2, 0) is 6.54 Å². The Morgan fingerprint density at radius 2 is 2.25 bits per heavy atom. The smallest absolute Gasteiger partial charge is 0.162 e. The molecule has 0 aliphatic carbocycles. The van der Waals surface area contributed by atoms with Crippen molar-refractivity contribution >= 4 is 11.6 Å².